The molecule has 6 heteroatoms. The van der Waals surface area contributed by atoms with Crippen molar-refractivity contribution in [3.8, 4) is 6.07 Å². The fourth-order valence-corrected chi connectivity index (χ4v) is 2.47. The van der Waals surface area contributed by atoms with Crippen molar-refractivity contribution < 1.29 is 9.90 Å². The van der Waals surface area contributed by atoms with E-state index < -0.39 is 5.97 Å². The van der Waals surface area contributed by atoms with Crippen LogP contribution in [0.1, 0.15) is 16.1 Å². The first-order valence-corrected chi connectivity index (χ1v) is 6.36. The molecule has 1 N–H and O–H groups in total. The molecule has 0 atom stereocenters. The lowest BCUT2D eigenvalue weighted by atomic mass is 10.2. The molecule has 0 aliphatic carbocycles. The summed E-state index contributed by atoms with van der Waals surface area (Å²) in [6.45, 7) is 0. The standard InChI is InChI=1S/C13H7ClN2O2S/c14-9-1-2-12(8(5-9)7-15)19-10-3-4-16-11(6-10)13(17)18/h1-6H,(H,17,18). The Morgan fingerprint density at radius 1 is 1.37 bits per heavy atom. The number of aromatic nitrogens is 1. The maximum atomic E-state index is 10.8. The molecule has 4 nitrogen and oxygen atoms in total. The fraction of sp³-hybridized carbons (Fsp3) is 0. The summed E-state index contributed by atoms with van der Waals surface area (Å²) in [5.74, 6) is -1.08. The molecule has 1 aromatic carbocycles. The summed E-state index contributed by atoms with van der Waals surface area (Å²) in [6.07, 6.45) is 1.42. The van der Waals surface area contributed by atoms with Gasteiger partial charge in [0.1, 0.15) is 11.8 Å². The largest absolute Gasteiger partial charge is 0.477 e. The van der Waals surface area contributed by atoms with Crippen molar-refractivity contribution >= 4 is 29.3 Å². The van der Waals surface area contributed by atoms with Gasteiger partial charge in [-0.1, -0.05) is 23.4 Å². The lowest BCUT2D eigenvalue weighted by Crippen LogP contribution is -1.99. The summed E-state index contributed by atoms with van der Waals surface area (Å²) >= 11 is 7.11. The van der Waals surface area contributed by atoms with Crippen molar-refractivity contribution in [2.24, 2.45) is 0 Å². The van der Waals surface area contributed by atoms with Crippen LogP contribution in [0.15, 0.2) is 46.3 Å². The second-order valence-electron chi connectivity index (χ2n) is 3.54. The van der Waals surface area contributed by atoms with Crippen LogP contribution < -0.4 is 0 Å². The minimum atomic E-state index is -1.08. The van der Waals surface area contributed by atoms with Crippen LogP contribution in [0.25, 0.3) is 0 Å². The Morgan fingerprint density at radius 3 is 2.84 bits per heavy atom. The van der Waals surface area contributed by atoms with E-state index in [0.29, 0.717) is 15.5 Å². The van der Waals surface area contributed by atoms with Gasteiger partial charge < -0.3 is 5.11 Å². The number of carboxylic acid groups (broad SMARTS) is 1. The number of hydrogen-bond donors (Lipinski definition) is 1. The van der Waals surface area contributed by atoms with Crippen molar-refractivity contribution in [2.75, 3.05) is 0 Å². The molecule has 19 heavy (non-hydrogen) atoms. The second kappa shape index (κ2) is 5.74. The van der Waals surface area contributed by atoms with Crippen LogP contribution in [0.5, 0.6) is 0 Å². The predicted molar refractivity (Wildman–Crippen MR) is 71.5 cm³/mol. The van der Waals surface area contributed by atoms with Gasteiger partial charge in [-0.2, -0.15) is 5.26 Å². The highest BCUT2D eigenvalue weighted by Gasteiger charge is 2.08. The van der Waals surface area contributed by atoms with Crippen LogP contribution in [0.4, 0.5) is 0 Å². The molecule has 0 aliphatic heterocycles. The molecule has 0 spiro atoms. The summed E-state index contributed by atoms with van der Waals surface area (Å²) in [7, 11) is 0. The Bertz CT molecular complexity index is 683. The Balaban J connectivity index is 2.34. The molecule has 2 rings (SSSR count). The van der Waals surface area contributed by atoms with Gasteiger partial charge in [-0.15, -0.1) is 0 Å². The molecule has 0 radical (unpaired) electrons. The third-order valence-electron chi connectivity index (χ3n) is 2.24. The lowest BCUT2D eigenvalue weighted by Gasteiger charge is -2.04. The van der Waals surface area contributed by atoms with Gasteiger partial charge in [-0.05, 0) is 30.3 Å². The zero-order valence-corrected chi connectivity index (χ0v) is 11.1. The number of carbonyl (C=O) groups is 1. The van der Waals surface area contributed by atoms with E-state index in [1.54, 1.807) is 24.3 Å². The van der Waals surface area contributed by atoms with E-state index in [1.165, 1.54) is 24.0 Å². The smallest absolute Gasteiger partial charge is 0.354 e. The van der Waals surface area contributed by atoms with Crippen molar-refractivity contribution in [1.82, 2.24) is 4.98 Å². The number of rotatable bonds is 3. The van der Waals surface area contributed by atoms with Crippen LogP contribution >= 0.6 is 23.4 Å². The van der Waals surface area contributed by atoms with Gasteiger partial charge in [0.2, 0.25) is 0 Å². The summed E-state index contributed by atoms with van der Waals surface area (Å²) < 4.78 is 0. The Morgan fingerprint density at radius 2 is 2.16 bits per heavy atom. The molecule has 0 saturated heterocycles. The van der Waals surface area contributed by atoms with E-state index in [4.69, 9.17) is 22.0 Å². The third kappa shape index (κ3) is 3.25. The minimum Gasteiger partial charge on any atom is -0.477 e. The van der Waals surface area contributed by atoms with Crippen LogP contribution in [0.2, 0.25) is 5.02 Å². The molecule has 0 unspecified atom stereocenters. The molecule has 0 bridgehead atoms. The summed E-state index contributed by atoms with van der Waals surface area (Å²) in [5.41, 5.74) is 0.420. The quantitative estimate of drug-likeness (QED) is 0.937. The average Bonchev–Trinajstić information content (AvgIpc) is 2.41. The van der Waals surface area contributed by atoms with E-state index in [-0.39, 0.29) is 5.69 Å². The molecule has 0 fully saturated rings. The van der Waals surface area contributed by atoms with Crippen molar-refractivity contribution in [3.05, 3.63) is 52.8 Å². The van der Waals surface area contributed by atoms with Gasteiger partial charge in [0, 0.05) is 21.0 Å². The minimum absolute atomic E-state index is 0.0301. The highest BCUT2D eigenvalue weighted by atomic mass is 35.5. The average molecular weight is 291 g/mol. The van der Waals surface area contributed by atoms with Gasteiger partial charge in [0.25, 0.3) is 0 Å². The summed E-state index contributed by atoms with van der Waals surface area (Å²) in [6, 6.07) is 10.2. The Hall–Kier alpha value is -2.03. The van der Waals surface area contributed by atoms with E-state index in [9.17, 15) is 4.79 Å². The summed E-state index contributed by atoms with van der Waals surface area (Å²) in [4.78, 5) is 16.0. The number of pyridine rings is 1. The number of nitriles is 1. The van der Waals surface area contributed by atoms with Gasteiger partial charge >= 0.3 is 5.97 Å². The second-order valence-corrected chi connectivity index (χ2v) is 5.09. The molecule has 94 valence electrons. The maximum Gasteiger partial charge on any atom is 0.354 e. The summed E-state index contributed by atoms with van der Waals surface area (Å²) in [5, 5.41) is 18.4. The van der Waals surface area contributed by atoms with Crippen LogP contribution in [-0.2, 0) is 0 Å². The predicted octanol–water partition coefficient (Wildman–Crippen LogP) is 3.46. The van der Waals surface area contributed by atoms with Crippen molar-refractivity contribution in [1.29, 1.82) is 5.26 Å². The molecular formula is C13H7ClN2O2S. The maximum absolute atomic E-state index is 10.8. The highest BCUT2D eigenvalue weighted by molar-refractivity contribution is 7.99. The van der Waals surface area contributed by atoms with Crippen LogP contribution in [0.3, 0.4) is 0 Å². The van der Waals surface area contributed by atoms with E-state index >= 15 is 0 Å². The van der Waals surface area contributed by atoms with Gasteiger partial charge in [-0.25, -0.2) is 9.78 Å². The topological polar surface area (TPSA) is 74.0 Å². The first-order valence-electron chi connectivity index (χ1n) is 5.17. The zero-order valence-electron chi connectivity index (χ0n) is 9.50. The molecule has 0 aliphatic rings. The molecule has 0 amide bonds. The third-order valence-corrected chi connectivity index (χ3v) is 3.54. The van der Waals surface area contributed by atoms with Crippen LogP contribution in [-0.4, -0.2) is 16.1 Å². The SMILES string of the molecule is N#Cc1cc(Cl)ccc1Sc1ccnc(C(=O)O)c1. The zero-order chi connectivity index (χ0) is 13.8. The monoisotopic (exact) mass is 290 g/mol. The van der Waals surface area contributed by atoms with Gasteiger partial charge in [-0.3, -0.25) is 0 Å². The molecule has 0 saturated carbocycles. The van der Waals surface area contributed by atoms with Crippen LogP contribution in [0, 0.1) is 11.3 Å². The van der Waals surface area contributed by atoms with Gasteiger partial charge in [0.15, 0.2) is 0 Å². The molecular weight excluding hydrogens is 284 g/mol. The number of aromatic carboxylic acids is 1. The van der Waals surface area contributed by atoms with E-state index in [2.05, 4.69) is 11.1 Å². The first-order chi connectivity index (χ1) is 9.10. The first kappa shape index (κ1) is 13.4. The molecule has 1 aromatic heterocycles. The normalized spacial score (nSPS) is 9.89. The number of halogens is 1. The Labute approximate surface area is 118 Å². The Kier molecular flexibility index (Phi) is 4.05. The molecule has 2 aromatic rings. The van der Waals surface area contributed by atoms with Crippen molar-refractivity contribution in [3.63, 3.8) is 0 Å². The lowest BCUT2D eigenvalue weighted by molar-refractivity contribution is 0.0690. The van der Waals surface area contributed by atoms with E-state index in [1.807, 2.05) is 0 Å². The highest BCUT2D eigenvalue weighted by Crippen LogP contribution is 2.31. The number of nitrogens with zero attached hydrogens (tertiary/aromatic N) is 2. The fourth-order valence-electron chi connectivity index (χ4n) is 1.40. The van der Waals surface area contributed by atoms with Crippen molar-refractivity contribution in [2.45, 2.75) is 9.79 Å². The number of carboxylic acids is 1. The number of benzene rings is 1. The van der Waals surface area contributed by atoms with Gasteiger partial charge in [0.05, 0.1) is 5.56 Å². The number of hydrogen-bond acceptors (Lipinski definition) is 4. The molecule has 1 heterocycles. The van der Waals surface area contributed by atoms with E-state index in [0.717, 1.165) is 4.90 Å².